The van der Waals surface area contributed by atoms with Crippen LogP contribution in [0.3, 0.4) is 0 Å². The Hall–Kier alpha value is -1.06. The molecule has 1 atom stereocenters. The highest BCUT2D eigenvalue weighted by atomic mass is 17.2. The highest BCUT2D eigenvalue weighted by Crippen LogP contribution is 2.21. The quantitative estimate of drug-likeness (QED) is 0.327. The van der Waals surface area contributed by atoms with Crippen LogP contribution in [0.1, 0.15) is 52.5 Å². The van der Waals surface area contributed by atoms with Gasteiger partial charge in [-0.05, 0) is 50.8 Å². The third-order valence-corrected chi connectivity index (χ3v) is 2.64. The minimum atomic E-state index is -0.316. The average molecular weight is 252 g/mol. The molecule has 1 unspecified atom stereocenters. The molecule has 0 spiro atoms. The lowest BCUT2D eigenvalue weighted by Crippen LogP contribution is -2.20. The molecule has 0 aliphatic rings. The van der Waals surface area contributed by atoms with E-state index in [1.54, 1.807) is 0 Å². The molecule has 1 rings (SSSR count). The van der Waals surface area contributed by atoms with Crippen LogP contribution in [0, 0.1) is 0 Å². The summed E-state index contributed by atoms with van der Waals surface area (Å²) in [5, 5.41) is 0. The van der Waals surface area contributed by atoms with E-state index in [9.17, 15) is 0 Å². The van der Waals surface area contributed by atoms with Crippen molar-refractivity contribution in [2.75, 3.05) is 6.79 Å². The number of benzene rings is 1. The van der Waals surface area contributed by atoms with Gasteiger partial charge in [-0.25, -0.2) is 4.89 Å². The van der Waals surface area contributed by atoms with Gasteiger partial charge in [0, 0.05) is 0 Å². The van der Waals surface area contributed by atoms with Crippen molar-refractivity contribution in [2.24, 2.45) is 0 Å². The second-order valence-electron chi connectivity index (χ2n) is 5.45. The van der Waals surface area contributed by atoms with E-state index in [0.717, 1.165) is 12.2 Å². The number of ether oxygens (including phenoxy) is 1. The van der Waals surface area contributed by atoms with Crippen LogP contribution >= 0.6 is 0 Å². The molecule has 0 heterocycles. The summed E-state index contributed by atoms with van der Waals surface area (Å²) in [6.45, 7) is 10.3. The van der Waals surface area contributed by atoms with Gasteiger partial charge in [0.1, 0.15) is 5.75 Å². The van der Waals surface area contributed by atoms with Crippen LogP contribution in [-0.4, -0.2) is 12.4 Å². The maximum absolute atomic E-state index is 5.42. The zero-order chi connectivity index (χ0) is 13.6. The lowest BCUT2D eigenvalue weighted by atomic mass is 9.99. The molecule has 0 aliphatic carbocycles. The van der Waals surface area contributed by atoms with Gasteiger partial charge in [-0.3, -0.25) is 0 Å². The number of hydrogen-bond donors (Lipinski definition) is 0. The molecule has 0 amide bonds. The zero-order valence-electron chi connectivity index (χ0n) is 12.0. The first-order valence-electron chi connectivity index (χ1n) is 6.46. The molecular formula is C15H24O3. The minimum Gasteiger partial charge on any atom is -0.465 e. The maximum atomic E-state index is 5.42. The summed E-state index contributed by atoms with van der Waals surface area (Å²) in [6.07, 6.45) is 1.14. The van der Waals surface area contributed by atoms with Gasteiger partial charge in [-0.2, -0.15) is 4.89 Å². The van der Waals surface area contributed by atoms with Gasteiger partial charge in [0.05, 0.1) is 5.60 Å². The van der Waals surface area contributed by atoms with E-state index in [-0.39, 0.29) is 12.4 Å². The first kappa shape index (κ1) is 15.0. The molecular weight excluding hydrogens is 228 g/mol. The SMILES string of the molecule is CCC(C)c1ccc(OCOOC(C)(C)C)cc1. The van der Waals surface area contributed by atoms with Gasteiger partial charge in [0.2, 0.25) is 6.79 Å². The third kappa shape index (κ3) is 5.52. The van der Waals surface area contributed by atoms with Gasteiger partial charge in [0.25, 0.3) is 0 Å². The van der Waals surface area contributed by atoms with E-state index >= 15 is 0 Å². The molecule has 0 saturated heterocycles. The molecule has 1 aromatic rings. The topological polar surface area (TPSA) is 27.7 Å². The first-order valence-corrected chi connectivity index (χ1v) is 6.46. The van der Waals surface area contributed by atoms with Gasteiger partial charge >= 0.3 is 0 Å². The van der Waals surface area contributed by atoms with Crippen LogP contribution in [0.4, 0.5) is 0 Å². The Morgan fingerprint density at radius 3 is 2.22 bits per heavy atom. The van der Waals surface area contributed by atoms with E-state index in [0.29, 0.717) is 5.92 Å². The summed E-state index contributed by atoms with van der Waals surface area (Å²) in [7, 11) is 0. The minimum absolute atomic E-state index is 0.0972. The Labute approximate surface area is 110 Å². The molecule has 0 fully saturated rings. The van der Waals surface area contributed by atoms with E-state index in [4.69, 9.17) is 14.5 Å². The van der Waals surface area contributed by atoms with Crippen molar-refractivity contribution < 1.29 is 14.5 Å². The van der Waals surface area contributed by atoms with Crippen LogP contribution in [0.2, 0.25) is 0 Å². The summed E-state index contributed by atoms with van der Waals surface area (Å²) in [5.74, 6) is 1.37. The third-order valence-electron chi connectivity index (χ3n) is 2.64. The second kappa shape index (κ2) is 6.76. The van der Waals surface area contributed by atoms with Crippen LogP contribution in [0.25, 0.3) is 0 Å². The fourth-order valence-corrected chi connectivity index (χ4v) is 1.42. The van der Waals surface area contributed by atoms with Crippen LogP contribution in [0.15, 0.2) is 24.3 Å². The van der Waals surface area contributed by atoms with E-state index < -0.39 is 0 Å². The molecule has 102 valence electrons. The molecule has 0 radical (unpaired) electrons. The fraction of sp³-hybridized carbons (Fsp3) is 0.600. The summed E-state index contributed by atoms with van der Waals surface area (Å²) in [4.78, 5) is 10.1. The largest absolute Gasteiger partial charge is 0.465 e. The van der Waals surface area contributed by atoms with Gasteiger partial charge in [-0.1, -0.05) is 26.0 Å². The molecule has 3 nitrogen and oxygen atoms in total. The summed E-state index contributed by atoms with van der Waals surface area (Å²) < 4.78 is 5.42. The van der Waals surface area contributed by atoms with Gasteiger partial charge in [-0.15, -0.1) is 0 Å². The normalized spacial score (nSPS) is 13.4. The standard InChI is InChI=1S/C15H24O3/c1-6-12(2)13-7-9-14(10-8-13)16-11-17-18-15(3,4)5/h7-10,12H,6,11H2,1-5H3. The predicted octanol–water partition coefficient (Wildman–Crippen LogP) is 4.28. The lowest BCUT2D eigenvalue weighted by molar-refractivity contribution is -0.370. The molecule has 0 aliphatic heterocycles. The Morgan fingerprint density at radius 1 is 1.11 bits per heavy atom. The van der Waals surface area contributed by atoms with Crippen molar-refractivity contribution in [3.05, 3.63) is 29.8 Å². The summed E-state index contributed by atoms with van der Waals surface area (Å²) in [5.41, 5.74) is 1.01. The predicted molar refractivity (Wildman–Crippen MR) is 72.6 cm³/mol. The van der Waals surface area contributed by atoms with Gasteiger partial charge < -0.3 is 4.74 Å². The van der Waals surface area contributed by atoms with Gasteiger partial charge in [0.15, 0.2) is 0 Å². The van der Waals surface area contributed by atoms with Crippen LogP contribution in [-0.2, 0) is 9.78 Å². The highest BCUT2D eigenvalue weighted by Gasteiger charge is 2.11. The second-order valence-corrected chi connectivity index (χ2v) is 5.45. The molecule has 0 aromatic heterocycles. The van der Waals surface area contributed by atoms with Crippen molar-refractivity contribution >= 4 is 0 Å². The molecule has 0 bridgehead atoms. The molecule has 1 aromatic carbocycles. The average Bonchev–Trinajstić information content (AvgIpc) is 2.33. The van der Waals surface area contributed by atoms with Crippen LogP contribution < -0.4 is 4.74 Å². The number of rotatable bonds is 6. The van der Waals surface area contributed by atoms with Crippen molar-refractivity contribution in [3.63, 3.8) is 0 Å². The highest BCUT2D eigenvalue weighted by molar-refractivity contribution is 5.28. The van der Waals surface area contributed by atoms with Crippen molar-refractivity contribution in [1.29, 1.82) is 0 Å². The lowest BCUT2D eigenvalue weighted by Gasteiger charge is -2.17. The Balaban J connectivity index is 2.35. The van der Waals surface area contributed by atoms with Crippen LogP contribution in [0.5, 0.6) is 5.75 Å². The monoisotopic (exact) mass is 252 g/mol. The van der Waals surface area contributed by atoms with Crippen molar-refractivity contribution in [1.82, 2.24) is 0 Å². The molecule has 0 N–H and O–H groups in total. The fourth-order valence-electron chi connectivity index (χ4n) is 1.42. The molecule has 3 heteroatoms. The van der Waals surface area contributed by atoms with E-state index in [1.165, 1.54) is 5.56 Å². The summed E-state index contributed by atoms with van der Waals surface area (Å²) in [6, 6.07) is 8.10. The Morgan fingerprint density at radius 2 is 1.72 bits per heavy atom. The Bertz CT molecular complexity index is 338. The van der Waals surface area contributed by atoms with Crippen molar-refractivity contribution in [2.45, 2.75) is 52.6 Å². The molecule has 18 heavy (non-hydrogen) atoms. The number of hydrogen-bond acceptors (Lipinski definition) is 3. The van der Waals surface area contributed by atoms with E-state index in [2.05, 4.69) is 26.0 Å². The molecule has 0 saturated carbocycles. The zero-order valence-corrected chi connectivity index (χ0v) is 12.0. The Kier molecular flexibility index (Phi) is 5.63. The smallest absolute Gasteiger partial charge is 0.221 e. The first-order chi connectivity index (χ1) is 8.42. The van der Waals surface area contributed by atoms with Crippen molar-refractivity contribution in [3.8, 4) is 5.75 Å². The maximum Gasteiger partial charge on any atom is 0.221 e. The van der Waals surface area contributed by atoms with E-state index in [1.807, 2.05) is 32.9 Å². The summed E-state index contributed by atoms with van der Waals surface area (Å²) >= 11 is 0.